The van der Waals surface area contributed by atoms with Gasteiger partial charge in [0.05, 0.1) is 16.8 Å². The van der Waals surface area contributed by atoms with Gasteiger partial charge < -0.3 is 19.5 Å². The van der Waals surface area contributed by atoms with Crippen molar-refractivity contribution in [1.82, 2.24) is 5.32 Å². The zero-order chi connectivity index (χ0) is 30.1. The van der Waals surface area contributed by atoms with Crippen molar-refractivity contribution >= 4 is 47.0 Å². The van der Waals surface area contributed by atoms with Crippen LogP contribution in [0.4, 0.5) is 25.4 Å². The van der Waals surface area contributed by atoms with Crippen LogP contribution in [0.25, 0.3) is 0 Å². The number of cyclic esters (lactones) is 1. The van der Waals surface area contributed by atoms with Crippen molar-refractivity contribution in [2.75, 3.05) is 16.8 Å². The first-order valence-electron chi connectivity index (χ1n) is 13.2. The predicted molar refractivity (Wildman–Crippen MR) is 151 cm³/mol. The normalized spacial score (nSPS) is 15.5. The van der Waals surface area contributed by atoms with Gasteiger partial charge >= 0.3 is 18.1 Å². The van der Waals surface area contributed by atoms with Crippen LogP contribution in [0.2, 0.25) is 5.02 Å². The Morgan fingerprint density at radius 2 is 1.80 bits per heavy atom. The maximum atomic E-state index is 14.3. The Balaban J connectivity index is 0.000000241. The number of para-hydroxylation sites is 1. The summed E-state index contributed by atoms with van der Waals surface area (Å²) < 4.78 is 30.0. The van der Waals surface area contributed by atoms with E-state index in [1.165, 1.54) is 13.0 Å². The molecule has 0 spiro atoms. The number of likely N-dealkylation sites (N-methyl/N-ethyl adjacent to an activating group) is 1. The molecule has 220 valence electrons. The van der Waals surface area contributed by atoms with Crippen LogP contribution < -0.4 is 20.3 Å². The molecule has 0 radical (unpaired) electrons. The second kappa shape index (κ2) is 14.5. The summed E-state index contributed by atoms with van der Waals surface area (Å²) in [4.78, 5) is 47.7. The van der Waals surface area contributed by atoms with Gasteiger partial charge in [-0.3, -0.25) is 14.9 Å². The zero-order valence-electron chi connectivity index (χ0n) is 23.3. The number of hydrogen-bond acceptors (Lipinski definition) is 7. The summed E-state index contributed by atoms with van der Waals surface area (Å²) in [5, 5.41) is 5.20. The number of benzene rings is 2. The molecule has 2 aromatic rings. The van der Waals surface area contributed by atoms with Crippen LogP contribution in [0, 0.1) is 5.82 Å². The van der Waals surface area contributed by atoms with Crippen molar-refractivity contribution in [1.29, 1.82) is 0 Å². The van der Waals surface area contributed by atoms with Crippen molar-refractivity contribution in [2.45, 2.75) is 65.6 Å². The van der Waals surface area contributed by atoms with E-state index in [1.807, 2.05) is 6.07 Å². The smallest absolute Gasteiger partial charge is 0.427 e. The number of ether oxygens (including phenoxy) is 3. The van der Waals surface area contributed by atoms with Gasteiger partial charge in [0, 0.05) is 18.3 Å². The molecule has 4 rings (SSSR count). The molecule has 1 unspecified atom stereocenters. The largest absolute Gasteiger partial charge is 0.489 e. The number of carbonyl (C=O) groups excluding carboxylic acids is 4. The Hall–Kier alpha value is -4.12. The Morgan fingerprint density at radius 3 is 2.39 bits per heavy atom. The molecule has 0 bridgehead atoms. The molecule has 1 atom stereocenters. The molecule has 0 aromatic heterocycles. The quantitative estimate of drug-likeness (QED) is 0.361. The van der Waals surface area contributed by atoms with Gasteiger partial charge in [-0.15, -0.1) is 0 Å². The van der Waals surface area contributed by atoms with E-state index in [2.05, 4.69) is 10.6 Å². The summed E-state index contributed by atoms with van der Waals surface area (Å²) in [6.07, 6.45) is 1.55. The maximum absolute atomic E-state index is 14.3. The molecule has 1 saturated carbocycles. The number of nitrogens with one attached hydrogen (secondary N) is 2. The zero-order valence-corrected chi connectivity index (χ0v) is 24.0. The Kier molecular flexibility index (Phi) is 11.1. The third-order valence-electron chi connectivity index (χ3n) is 6.09. The van der Waals surface area contributed by atoms with E-state index in [-0.39, 0.29) is 34.2 Å². The standard InChI is InChI=1S/C17H17ClFNO4.C12H16N2O3/c1-9(2)15-16(21)20(17(22)24-15)13-8-14(11(18)7-12(13)19)23-10-5-3-4-6-10;1-3-13-11(15)9(2)17-12(16)14-10-7-5-4-6-8-10/h7-8,10H,3-6H2,1-2H3;4-9H,3H2,1-2H3,(H,13,15)(H,14,16). The van der Waals surface area contributed by atoms with E-state index in [1.54, 1.807) is 45.0 Å². The van der Waals surface area contributed by atoms with Gasteiger partial charge in [0.2, 0.25) is 0 Å². The fraction of sp³-hybridized carbons (Fsp3) is 0.379. The molecule has 1 heterocycles. The van der Waals surface area contributed by atoms with Gasteiger partial charge in [-0.2, -0.15) is 0 Å². The monoisotopic (exact) mass is 589 g/mol. The van der Waals surface area contributed by atoms with Gasteiger partial charge in [-0.1, -0.05) is 29.8 Å². The van der Waals surface area contributed by atoms with Crippen LogP contribution in [0.1, 0.15) is 53.4 Å². The highest BCUT2D eigenvalue weighted by atomic mass is 35.5. The number of rotatable bonds is 7. The lowest BCUT2D eigenvalue weighted by atomic mass is 10.2. The summed E-state index contributed by atoms with van der Waals surface area (Å²) in [5.74, 6) is -1.64. The number of halogens is 2. The third kappa shape index (κ3) is 8.43. The molecule has 2 fully saturated rings. The second-order valence-electron chi connectivity index (χ2n) is 9.53. The molecule has 2 aliphatic rings. The highest BCUT2D eigenvalue weighted by Gasteiger charge is 2.40. The number of imide groups is 1. The van der Waals surface area contributed by atoms with E-state index >= 15 is 0 Å². The number of nitrogens with zero attached hydrogens (tertiary/aromatic N) is 1. The van der Waals surface area contributed by atoms with Gasteiger partial charge in [0.25, 0.3) is 5.91 Å². The molecule has 12 heteroatoms. The van der Waals surface area contributed by atoms with Crippen LogP contribution in [-0.2, 0) is 19.1 Å². The van der Waals surface area contributed by atoms with Crippen LogP contribution in [0.5, 0.6) is 5.75 Å². The summed E-state index contributed by atoms with van der Waals surface area (Å²) in [5.41, 5.74) is 0.937. The topological polar surface area (TPSA) is 123 Å². The summed E-state index contributed by atoms with van der Waals surface area (Å²) >= 11 is 6.04. The van der Waals surface area contributed by atoms with E-state index in [0.29, 0.717) is 22.7 Å². The van der Waals surface area contributed by atoms with Crippen LogP contribution in [0.3, 0.4) is 0 Å². The van der Waals surface area contributed by atoms with Gasteiger partial charge in [-0.05, 0) is 77.2 Å². The first kappa shape index (κ1) is 31.4. The number of carbonyl (C=O) groups is 4. The fourth-order valence-electron chi connectivity index (χ4n) is 4.05. The minimum absolute atomic E-state index is 0.00962. The van der Waals surface area contributed by atoms with Crippen molar-refractivity contribution in [3.63, 3.8) is 0 Å². The second-order valence-corrected chi connectivity index (χ2v) is 9.94. The molecule has 1 aliphatic heterocycles. The molecular formula is C29H33ClFN3O7. The summed E-state index contributed by atoms with van der Waals surface area (Å²) in [6.45, 7) is 7.10. The van der Waals surface area contributed by atoms with Gasteiger partial charge in [-0.25, -0.2) is 18.9 Å². The Morgan fingerprint density at radius 1 is 1.15 bits per heavy atom. The average molecular weight is 590 g/mol. The molecule has 10 nitrogen and oxygen atoms in total. The van der Waals surface area contributed by atoms with Crippen LogP contribution in [0.15, 0.2) is 53.8 Å². The lowest BCUT2D eigenvalue weighted by Crippen LogP contribution is -2.36. The number of hydrogen-bond donors (Lipinski definition) is 2. The van der Waals surface area contributed by atoms with E-state index in [0.717, 1.165) is 31.7 Å². The van der Waals surface area contributed by atoms with E-state index in [4.69, 9.17) is 25.8 Å². The Bertz CT molecular complexity index is 1310. The van der Waals surface area contributed by atoms with Crippen molar-refractivity contribution in [2.24, 2.45) is 0 Å². The molecule has 41 heavy (non-hydrogen) atoms. The van der Waals surface area contributed by atoms with Crippen molar-refractivity contribution in [3.8, 4) is 5.75 Å². The SMILES string of the molecule is CC(C)=C1OC(=O)N(c2cc(OC3CCCC3)c(Cl)cc2F)C1=O.CCNC(=O)C(C)OC(=O)Nc1ccccc1. The number of allylic oxidation sites excluding steroid dienone is 1. The van der Waals surface area contributed by atoms with Crippen molar-refractivity contribution < 1.29 is 37.8 Å². The fourth-order valence-corrected chi connectivity index (χ4v) is 4.25. The lowest BCUT2D eigenvalue weighted by Gasteiger charge is -2.18. The molecular weight excluding hydrogens is 557 g/mol. The summed E-state index contributed by atoms with van der Waals surface area (Å²) in [7, 11) is 0. The van der Waals surface area contributed by atoms with Gasteiger partial charge in [0.1, 0.15) is 11.6 Å². The molecule has 2 N–H and O–H groups in total. The molecule has 4 amide bonds. The minimum Gasteiger partial charge on any atom is -0.489 e. The highest BCUT2D eigenvalue weighted by molar-refractivity contribution is 6.32. The van der Waals surface area contributed by atoms with E-state index < -0.39 is 30.0 Å². The first-order chi connectivity index (χ1) is 19.5. The first-order valence-corrected chi connectivity index (χ1v) is 13.6. The van der Waals surface area contributed by atoms with Gasteiger partial charge in [0.15, 0.2) is 11.9 Å². The van der Waals surface area contributed by atoms with E-state index in [9.17, 15) is 23.6 Å². The van der Waals surface area contributed by atoms with Crippen LogP contribution in [-0.4, -0.2) is 42.8 Å². The third-order valence-corrected chi connectivity index (χ3v) is 6.38. The van der Waals surface area contributed by atoms with Crippen molar-refractivity contribution in [3.05, 3.63) is 64.6 Å². The Labute approximate surface area is 242 Å². The maximum Gasteiger partial charge on any atom is 0.427 e. The number of anilines is 2. The number of amides is 4. The minimum atomic E-state index is -0.941. The summed E-state index contributed by atoms with van der Waals surface area (Å²) in [6, 6.07) is 11.2. The molecule has 2 aromatic carbocycles. The molecule has 1 aliphatic carbocycles. The lowest BCUT2D eigenvalue weighted by molar-refractivity contribution is -0.128. The highest BCUT2D eigenvalue weighted by Crippen LogP contribution is 2.37. The van der Waals surface area contributed by atoms with Crippen LogP contribution >= 0.6 is 11.6 Å². The molecule has 1 saturated heterocycles. The predicted octanol–water partition coefficient (Wildman–Crippen LogP) is 6.34. The average Bonchev–Trinajstić information content (AvgIpc) is 3.54.